The maximum absolute atomic E-state index is 10.9. The van der Waals surface area contributed by atoms with Gasteiger partial charge in [0, 0.05) is 30.7 Å². The average molecular weight is 383 g/mol. The van der Waals surface area contributed by atoms with Crippen LogP contribution >= 0.6 is 0 Å². The minimum absolute atomic E-state index is 0. The van der Waals surface area contributed by atoms with E-state index in [9.17, 15) is 5.11 Å². The number of rotatable bonds is 4. The zero-order valence-corrected chi connectivity index (χ0v) is 16.4. The summed E-state index contributed by atoms with van der Waals surface area (Å²) in [5.41, 5.74) is 2.35. The summed E-state index contributed by atoms with van der Waals surface area (Å²) in [5, 5.41) is 15.4. The number of nitrogens with one attached hydrogen (secondary N) is 1. The second kappa shape index (κ2) is 10.7. The number of allylic oxidation sites excluding steroid dienone is 2. The number of phenolic OH excluding ortho intramolecular Hbond substituents is 1. The van der Waals surface area contributed by atoms with Crippen LogP contribution < -0.4 is 24.2 Å². The molecule has 4 N–H and O–H groups in total. The van der Waals surface area contributed by atoms with Gasteiger partial charge in [-0.25, -0.2) is 0 Å². The number of likely N-dealkylation sites (N-methyl/N-ethyl adjacent to an activating group) is 1. The number of aromatic hydroxyl groups is 1. The third-order valence-electron chi connectivity index (χ3n) is 4.61. The Kier molecular flexibility index (Phi) is 8.96. The van der Waals surface area contributed by atoms with E-state index >= 15 is 0 Å². The molecule has 1 aliphatic heterocycles. The fourth-order valence-corrected chi connectivity index (χ4v) is 3.20. The van der Waals surface area contributed by atoms with E-state index in [-0.39, 0.29) is 41.6 Å². The summed E-state index contributed by atoms with van der Waals surface area (Å²) in [6.07, 6.45) is 7.88. The molecule has 1 atom stereocenters. The molecular weight excluding hydrogens is 361 g/mol. The molecule has 2 heterocycles. The number of fused-ring (bicyclic) bond motifs is 1. The standard InChI is InChI=1S/C22H20N3O.Li.2H2O/c1-25-15-6-5-11-19(25)24-20(16-8-3-2-4-9-16)18-13-12-17-10-7-14-23-21(17)22(18)26;;;/h2-8,10-14,20,24,26H,15H2,1H3;;2*1H2/q-1;+1;;/p-2. The summed E-state index contributed by atoms with van der Waals surface area (Å²) in [5.74, 6) is 1.20. The van der Waals surface area contributed by atoms with E-state index in [2.05, 4.69) is 27.3 Å². The van der Waals surface area contributed by atoms with E-state index in [0.29, 0.717) is 5.52 Å². The minimum atomic E-state index is -0.234. The first-order chi connectivity index (χ1) is 12.7. The number of hydrogen-bond donors (Lipinski definition) is 2. The van der Waals surface area contributed by atoms with E-state index in [1.807, 2.05) is 67.7 Å². The number of nitrogens with zero attached hydrogens (tertiary/aromatic N) is 2. The SMILES string of the molecule is CN1CC=CC=C1NC(c1[c-]cccc1)c1ccc2cccnc2c1O.[Li+].[OH-].[OH-]. The molecule has 6 nitrogen and oxygen atoms in total. The van der Waals surface area contributed by atoms with Crippen molar-refractivity contribution in [2.45, 2.75) is 6.04 Å². The van der Waals surface area contributed by atoms with Gasteiger partial charge in [0.05, 0.1) is 6.04 Å². The smallest absolute Gasteiger partial charge is 0.870 e. The van der Waals surface area contributed by atoms with E-state index in [4.69, 9.17) is 0 Å². The Hall–Kier alpha value is -2.75. The summed E-state index contributed by atoms with van der Waals surface area (Å²) in [6, 6.07) is 18.7. The zero-order valence-electron chi connectivity index (χ0n) is 16.4. The average Bonchev–Trinajstić information content (AvgIpc) is 2.69. The predicted octanol–water partition coefficient (Wildman–Crippen LogP) is 0.413. The molecule has 0 saturated carbocycles. The number of pyridine rings is 1. The summed E-state index contributed by atoms with van der Waals surface area (Å²) < 4.78 is 0. The van der Waals surface area contributed by atoms with Gasteiger partial charge in [-0.1, -0.05) is 30.4 Å². The van der Waals surface area contributed by atoms with Gasteiger partial charge in [0.2, 0.25) is 0 Å². The molecule has 1 aliphatic rings. The van der Waals surface area contributed by atoms with Gasteiger partial charge in [0.15, 0.2) is 0 Å². The van der Waals surface area contributed by atoms with E-state index < -0.39 is 0 Å². The molecule has 1 unspecified atom stereocenters. The van der Waals surface area contributed by atoms with Crippen LogP contribution in [0.1, 0.15) is 17.2 Å². The maximum atomic E-state index is 10.9. The molecule has 146 valence electrons. The van der Waals surface area contributed by atoms with Crippen molar-refractivity contribution in [2.24, 2.45) is 0 Å². The second-order valence-corrected chi connectivity index (χ2v) is 6.33. The van der Waals surface area contributed by atoms with Gasteiger partial charge in [0.25, 0.3) is 0 Å². The molecule has 1 aromatic heterocycles. The first-order valence-electron chi connectivity index (χ1n) is 8.62. The van der Waals surface area contributed by atoms with Crippen molar-refractivity contribution in [1.82, 2.24) is 15.2 Å². The van der Waals surface area contributed by atoms with Gasteiger partial charge in [-0.3, -0.25) is 4.98 Å². The van der Waals surface area contributed by atoms with Crippen LogP contribution in [0.3, 0.4) is 0 Å². The molecule has 29 heavy (non-hydrogen) atoms. The fraction of sp³-hybridized carbons (Fsp3) is 0.136. The molecule has 0 bridgehead atoms. The molecule has 0 aliphatic carbocycles. The fourth-order valence-electron chi connectivity index (χ4n) is 3.20. The molecule has 0 saturated heterocycles. The Morgan fingerprint density at radius 1 is 1.14 bits per heavy atom. The first-order valence-corrected chi connectivity index (χ1v) is 8.62. The molecule has 0 amide bonds. The molecule has 2 aromatic carbocycles. The Balaban J connectivity index is 0.00000140. The molecule has 7 heteroatoms. The minimum Gasteiger partial charge on any atom is -0.870 e. The van der Waals surface area contributed by atoms with Gasteiger partial charge >= 0.3 is 18.9 Å². The second-order valence-electron chi connectivity index (χ2n) is 6.33. The van der Waals surface area contributed by atoms with Crippen molar-refractivity contribution < 1.29 is 34.9 Å². The summed E-state index contributed by atoms with van der Waals surface area (Å²) in [7, 11) is 2.04. The van der Waals surface area contributed by atoms with Crippen molar-refractivity contribution in [3.63, 3.8) is 0 Å². The van der Waals surface area contributed by atoms with Crippen LogP contribution in [0.4, 0.5) is 0 Å². The van der Waals surface area contributed by atoms with Crippen LogP contribution in [0.15, 0.2) is 78.8 Å². The van der Waals surface area contributed by atoms with Crippen LogP contribution in [-0.2, 0) is 0 Å². The Labute approximate surface area is 182 Å². The van der Waals surface area contributed by atoms with Gasteiger partial charge in [-0.15, -0.1) is 5.56 Å². The van der Waals surface area contributed by atoms with Crippen molar-refractivity contribution in [3.8, 4) is 5.75 Å². The van der Waals surface area contributed by atoms with Crippen LogP contribution in [-0.4, -0.2) is 39.5 Å². The topological polar surface area (TPSA) is 108 Å². The molecule has 0 spiro atoms. The van der Waals surface area contributed by atoms with Crippen LogP contribution in [0, 0.1) is 6.07 Å². The number of aromatic nitrogens is 1. The Bertz CT molecular complexity index is 993. The maximum Gasteiger partial charge on any atom is 1.00 e. The van der Waals surface area contributed by atoms with E-state index in [0.717, 1.165) is 28.9 Å². The van der Waals surface area contributed by atoms with Crippen LogP contribution in [0.5, 0.6) is 5.75 Å². The molecule has 3 aromatic rings. The van der Waals surface area contributed by atoms with Crippen molar-refractivity contribution in [3.05, 3.63) is 96.0 Å². The van der Waals surface area contributed by atoms with Gasteiger partial charge in [-0.2, -0.15) is 30.3 Å². The van der Waals surface area contributed by atoms with Crippen LogP contribution in [0.2, 0.25) is 0 Å². The monoisotopic (exact) mass is 383 g/mol. The van der Waals surface area contributed by atoms with Crippen molar-refractivity contribution in [2.75, 3.05) is 13.6 Å². The predicted molar refractivity (Wildman–Crippen MR) is 107 cm³/mol. The largest absolute Gasteiger partial charge is 1.00 e. The van der Waals surface area contributed by atoms with Gasteiger partial charge in [-0.05, 0) is 12.1 Å². The summed E-state index contributed by atoms with van der Waals surface area (Å²) >= 11 is 0. The van der Waals surface area contributed by atoms with E-state index in [1.54, 1.807) is 6.20 Å². The quantitative estimate of drug-likeness (QED) is 0.499. The molecule has 0 radical (unpaired) electrons. The summed E-state index contributed by atoms with van der Waals surface area (Å²) in [6.45, 7) is 0.843. The Morgan fingerprint density at radius 2 is 1.97 bits per heavy atom. The molecular formula is C22H22LiN3O3-2. The molecule has 4 rings (SSSR count). The first kappa shape index (κ1) is 24.3. The van der Waals surface area contributed by atoms with Gasteiger partial charge < -0.3 is 26.3 Å². The Morgan fingerprint density at radius 3 is 2.69 bits per heavy atom. The normalized spacial score (nSPS) is 13.4. The molecule has 0 fully saturated rings. The van der Waals surface area contributed by atoms with Gasteiger partial charge in [0.1, 0.15) is 17.1 Å². The third kappa shape index (κ3) is 5.00. The number of hydrogen-bond acceptors (Lipinski definition) is 6. The van der Waals surface area contributed by atoms with Crippen molar-refractivity contribution in [1.29, 1.82) is 0 Å². The zero-order chi connectivity index (χ0) is 17.9. The van der Waals surface area contributed by atoms with E-state index in [1.165, 1.54) is 0 Å². The summed E-state index contributed by atoms with van der Waals surface area (Å²) in [4.78, 5) is 6.49. The third-order valence-corrected chi connectivity index (χ3v) is 4.61. The number of phenols is 1. The number of benzene rings is 2. The van der Waals surface area contributed by atoms with Crippen LogP contribution in [0.25, 0.3) is 10.9 Å². The van der Waals surface area contributed by atoms with Crippen molar-refractivity contribution >= 4 is 10.9 Å².